The molecule has 2 N–H and O–H groups in total. The average Bonchev–Trinajstić information content (AvgIpc) is 3.28. The third-order valence-corrected chi connectivity index (χ3v) is 4.95. The van der Waals surface area contributed by atoms with E-state index in [4.69, 9.17) is 9.15 Å². The van der Waals surface area contributed by atoms with E-state index in [1.54, 1.807) is 30.7 Å². The molecule has 1 unspecified atom stereocenters. The zero-order valence-corrected chi connectivity index (χ0v) is 16.9. The summed E-state index contributed by atoms with van der Waals surface area (Å²) < 4.78 is 12.5. The van der Waals surface area contributed by atoms with E-state index in [2.05, 4.69) is 26.2 Å². The third-order valence-electron chi connectivity index (χ3n) is 3.99. The number of carbonyl (C=O) groups is 2. The highest BCUT2D eigenvalue weighted by Crippen LogP contribution is 2.31. The van der Waals surface area contributed by atoms with Gasteiger partial charge in [0.15, 0.2) is 0 Å². The van der Waals surface area contributed by atoms with Gasteiger partial charge in [-0.3, -0.25) is 0 Å². The van der Waals surface area contributed by atoms with Crippen molar-refractivity contribution in [1.29, 1.82) is 0 Å². The molecule has 1 aliphatic rings. The number of hydrogen-bond acceptors (Lipinski definition) is 8. The number of esters is 1. The smallest absolute Gasteiger partial charge is 0.338 e. The van der Waals surface area contributed by atoms with Crippen LogP contribution in [0.4, 0.5) is 4.79 Å². The Morgan fingerprint density at radius 1 is 1.43 bits per heavy atom. The molecule has 0 bridgehead atoms. The molecular formula is C17H22N6O4S. The molecule has 2 aromatic rings. The molecule has 150 valence electrons. The van der Waals surface area contributed by atoms with Crippen molar-refractivity contribution in [3.8, 4) is 0 Å². The molecular weight excluding hydrogens is 384 g/mol. The summed E-state index contributed by atoms with van der Waals surface area (Å²) in [5.41, 5.74) is 0.733. The zero-order valence-electron chi connectivity index (χ0n) is 16.1. The van der Waals surface area contributed by atoms with Gasteiger partial charge < -0.3 is 19.8 Å². The number of nitrogens with zero attached hydrogens (tertiary/aromatic N) is 4. The highest BCUT2D eigenvalue weighted by Gasteiger charge is 2.35. The molecule has 3 rings (SSSR count). The van der Waals surface area contributed by atoms with Crippen LogP contribution in [0.15, 0.2) is 33.0 Å². The van der Waals surface area contributed by atoms with E-state index in [0.717, 1.165) is 0 Å². The minimum Gasteiger partial charge on any atom is -0.464 e. The minimum absolute atomic E-state index is 0.0810. The van der Waals surface area contributed by atoms with E-state index >= 15 is 0 Å². The number of rotatable bonds is 7. The highest BCUT2D eigenvalue weighted by atomic mass is 32.2. The van der Waals surface area contributed by atoms with Crippen LogP contribution >= 0.6 is 11.8 Å². The molecule has 1 aliphatic heterocycles. The number of thioether (sulfide) groups is 1. The Bertz CT molecular complexity index is 903. The number of aryl methyl sites for hydroxylation is 1. The molecule has 0 saturated carbocycles. The Morgan fingerprint density at radius 2 is 2.21 bits per heavy atom. The summed E-state index contributed by atoms with van der Waals surface area (Å²) in [5.74, 6) is 0.904. The number of carbonyl (C=O) groups excluding carboxylic acids is 2. The predicted molar refractivity (Wildman–Crippen MR) is 100 cm³/mol. The molecule has 0 spiro atoms. The van der Waals surface area contributed by atoms with Gasteiger partial charge in [-0.15, -0.1) is 5.10 Å². The molecule has 0 fully saturated rings. The van der Waals surface area contributed by atoms with Gasteiger partial charge in [-0.2, -0.15) is 0 Å². The van der Waals surface area contributed by atoms with Crippen molar-refractivity contribution in [2.75, 3.05) is 12.4 Å². The van der Waals surface area contributed by atoms with E-state index in [1.807, 2.05) is 13.8 Å². The summed E-state index contributed by atoms with van der Waals surface area (Å²) in [6, 6.07) is 2.42. The Morgan fingerprint density at radius 3 is 2.86 bits per heavy atom. The maximum atomic E-state index is 12.7. The van der Waals surface area contributed by atoms with Crippen molar-refractivity contribution < 1.29 is 18.7 Å². The standard InChI is InChI=1S/C17H22N6O4S/c1-5-26-15(24)13-11(8-28-17-20-21-22-23(17)9(2)3)18-16(25)19-14(13)12-7-6-10(4)27-12/h6-7,9,14H,5,8H2,1-4H3,(H2,18,19,25). The summed E-state index contributed by atoms with van der Waals surface area (Å²) in [7, 11) is 0. The minimum atomic E-state index is -0.738. The molecule has 2 amide bonds. The van der Waals surface area contributed by atoms with Gasteiger partial charge in [-0.05, 0) is 50.3 Å². The first kappa shape index (κ1) is 19.9. The molecule has 2 aromatic heterocycles. The van der Waals surface area contributed by atoms with Gasteiger partial charge in [0.05, 0.1) is 18.2 Å². The lowest BCUT2D eigenvalue weighted by Crippen LogP contribution is -2.46. The number of furan rings is 1. The second kappa shape index (κ2) is 8.46. The molecule has 28 heavy (non-hydrogen) atoms. The first-order valence-corrected chi connectivity index (χ1v) is 9.84. The lowest BCUT2D eigenvalue weighted by molar-refractivity contribution is -0.139. The van der Waals surface area contributed by atoms with Gasteiger partial charge in [0.2, 0.25) is 5.16 Å². The van der Waals surface area contributed by atoms with Crippen molar-refractivity contribution in [3.63, 3.8) is 0 Å². The lowest BCUT2D eigenvalue weighted by Gasteiger charge is -2.27. The molecule has 1 atom stereocenters. The van der Waals surface area contributed by atoms with Gasteiger partial charge in [-0.25, -0.2) is 14.3 Å². The van der Waals surface area contributed by atoms with E-state index in [0.29, 0.717) is 27.9 Å². The van der Waals surface area contributed by atoms with Crippen LogP contribution in [-0.2, 0) is 9.53 Å². The Labute approximate surface area is 166 Å². The van der Waals surface area contributed by atoms with Crippen LogP contribution in [0.3, 0.4) is 0 Å². The van der Waals surface area contributed by atoms with E-state index < -0.39 is 18.0 Å². The van der Waals surface area contributed by atoms with E-state index in [9.17, 15) is 9.59 Å². The maximum absolute atomic E-state index is 12.7. The Kier molecular flexibility index (Phi) is 6.02. The van der Waals surface area contributed by atoms with Crippen LogP contribution < -0.4 is 10.6 Å². The lowest BCUT2D eigenvalue weighted by atomic mass is 10.0. The van der Waals surface area contributed by atoms with Crippen molar-refractivity contribution in [2.24, 2.45) is 0 Å². The molecule has 0 aromatic carbocycles. The van der Waals surface area contributed by atoms with Gasteiger partial charge in [0.25, 0.3) is 0 Å². The molecule has 0 aliphatic carbocycles. The van der Waals surface area contributed by atoms with E-state index in [-0.39, 0.29) is 18.4 Å². The van der Waals surface area contributed by atoms with Gasteiger partial charge >= 0.3 is 12.0 Å². The monoisotopic (exact) mass is 406 g/mol. The summed E-state index contributed by atoms with van der Waals surface area (Å²) >= 11 is 1.32. The second-order valence-corrected chi connectivity index (χ2v) is 7.32. The molecule has 0 saturated heterocycles. The van der Waals surface area contributed by atoms with Crippen LogP contribution in [-0.4, -0.2) is 44.6 Å². The summed E-state index contributed by atoms with van der Waals surface area (Å²) in [4.78, 5) is 24.9. The molecule has 11 heteroatoms. The van der Waals surface area contributed by atoms with Gasteiger partial charge in [0, 0.05) is 11.4 Å². The van der Waals surface area contributed by atoms with Crippen molar-refractivity contribution >= 4 is 23.8 Å². The average molecular weight is 406 g/mol. The number of ether oxygens (including phenoxy) is 1. The normalized spacial score (nSPS) is 16.9. The number of amides is 2. The zero-order chi connectivity index (χ0) is 20.3. The number of tetrazole rings is 1. The summed E-state index contributed by atoms with van der Waals surface area (Å²) in [6.45, 7) is 7.66. The SMILES string of the molecule is CCOC(=O)C1=C(CSc2nnnn2C(C)C)NC(=O)NC1c1ccc(C)o1. The summed E-state index contributed by atoms with van der Waals surface area (Å²) in [6.07, 6.45) is 0. The highest BCUT2D eigenvalue weighted by molar-refractivity contribution is 7.99. The van der Waals surface area contributed by atoms with Crippen LogP contribution in [0.25, 0.3) is 0 Å². The van der Waals surface area contributed by atoms with Crippen LogP contribution in [0, 0.1) is 6.92 Å². The topological polar surface area (TPSA) is 124 Å². The Balaban J connectivity index is 1.95. The molecule has 10 nitrogen and oxygen atoms in total. The predicted octanol–water partition coefficient (Wildman–Crippen LogP) is 2.12. The van der Waals surface area contributed by atoms with Crippen molar-refractivity contribution in [1.82, 2.24) is 30.8 Å². The maximum Gasteiger partial charge on any atom is 0.338 e. The van der Waals surface area contributed by atoms with Crippen molar-refractivity contribution in [2.45, 2.75) is 44.9 Å². The number of hydrogen-bond donors (Lipinski definition) is 2. The fourth-order valence-electron chi connectivity index (χ4n) is 2.74. The van der Waals surface area contributed by atoms with Crippen molar-refractivity contribution in [3.05, 3.63) is 34.9 Å². The third kappa shape index (κ3) is 4.19. The fourth-order valence-corrected chi connectivity index (χ4v) is 3.72. The number of urea groups is 1. The largest absolute Gasteiger partial charge is 0.464 e. The second-order valence-electron chi connectivity index (χ2n) is 6.38. The number of nitrogens with one attached hydrogen (secondary N) is 2. The fraction of sp³-hybridized carbons (Fsp3) is 0.471. The van der Waals surface area contributed by atoms with E-state index in [1.165, 1.54) is 11.8 Å². The quantitative estimate of drug-likeness (QED) is 0.529. The van der Waals surface area contributed by atoms with Crippen LogP contribution in [0.1, 0.15) is 44.4 Å². The van der Waals surface area contributed by atoms with Gasteiger partial charge in [-0.1, -0.05) is 11.8 Å². The van der Waals surface area contributed by atoms with Crippen LogP contribution in [0.5, 0.6) is 0 Å². The van der Waals surface area contributed by atoms with Crippen LogP contribution in [0.2, 0.25) is 0 Å². The Hall–Kier alpha value is -2.82. The number of aromatic nitrogens is 4. The van der Waals surface area contributed by atoms with Gasteiger partial charge in [0.1, 0.15) is 17.6 Å². The molecule has 3 heterocycles. The molecule has 0 radical (unpaired) electrons. The summed E-state index contributed by atoms with van der Waals surface area (Å²) in [5, 5.41) is 17.7. The first-order valence-electron chi connectivity index (χ1n) is 8.85. The first-order chi connectivity index (χ1) is 13.4.